The fourth-order valence-electron chi connectivity index (χ4n) is 4.97. The van der Waals surface area contributed by atoms with Crippen LogP contribution in [-0.2, 0) is 11.8 Å². The van der Waals surface area contributed by atoms with E-state index in [1.54, 1.807) is 0 Å². The maximum atomic E-state index is 13.3. The molecule has 0 bridgehead atoms. The lowest BCUT2D eigenvalue weighted by Gasteiger charge is -2.40. The molecule has 27 heavy (non-hydrogen) atoms. The first-order valence-corrected chi connectivity index (χ1v) is 10.8. The van der Waals surface area contributed by atoms with Crippen LogP contribution in [0, 0.1) is 0 Å². The standard InChI is InChI=1S/C23H34N2O2/c1-23(2,3)20-8-7-19(18-11-16-27-21(18)20)22(26)25-14-9-17(10-15-25)24-12-5-4-6-13-24/h7-8,17H,4-6,9-16H2,1-3H3. The molecular weight excluding hydrogens is 336 g/mol. The minimum Gasteiger partial charge on any atom is -0.493 e. The van der Waals surface area contributed by atoms with E-state index in [0.29, 0.717) is 12.6 Å². The summed E-state index contributed by atoms with van der Waals surface area (Å²) in [4.78, 5) is 18.0. The van der Waals surface area contributed by atoms with Crippen molar-refractivity contribution in [2.45, 2.75) is 70.8 Å². The van der Waals surface area contributed by atoms with Crippen LogP contribution in [0.3, 0.4) is 0 Å². The molecule has 1 amide bonds. The molecule has 0 saturated carbocycles. The number of amides is 1. The number of hydrogen-bond donors (Lipinski definition) is 0. The third-order valence-corrected chi connectivity index (χ3v) is 6.56. The highest BCUT2D eigenvalue weighted by Crippen LogP contribution is 2.39. The van der Waals surface area contributed by atoms with Gasteiger partial charge in [-0.15, -0.1) is 0 Å². The van der Waals surface area contributed by atoms with Gasteiger partial charge < -0.3 is 14.5 Å². The summed E-state index contributed by atoms with van der Waals surface area (Å²) in [5, 5.41) is 0. The number of piperidine rings is 2. The third kappa shape index (κ3) is 3.73. The Kier molecular flexibility index (Phi) is 5.19. The molecule has 2 saturated heterocycles. The second kappa shape index (κ2) is 7.46. The molecule has 1 aromatic rings. The number of nitrogens with zero attached hydrogens (tertiary/aromatic N) is 2. The van der Waals surface area contributed by atoms with Gasteiger partial charge in [0.25, 0.3) is 5.91 Å². The molecule has 0 atom stereocenters. The average Bonchev–Trinajstić information content (AvgIpc) is 3.16. The van der Waals surface area contributed by atoms with Crippen molar-refractivity contribution in [3.8, 4) is 5.75 Å². The Hall–Kier alpha value is -1.55. The molecule has 4 heteroatoms. The summed E-state index contributed by atoms with van der Waals surface area (Å²) >= 11 is 0. The summed E-state index contributed by atoms with van der Waals surface area (Å²) in [7, 11) is 0. The van der Waals surface area contributed by atoms with E-state index in [0.717, 1.165) is 49.2 Å². The van der Waals surface area contributed by atoms with E-state index in [1.807, 2.05) is 6.07 Å². The van der Waals surface area contributed by atoms with Gasteiger partial charge in [-0.25, -0.2) is 0 Å². The van der Waals surface area contributed by atoms with E-state index < -0.39 is 0 Å². The second-order valence-corrected chi connectivity index (χ2v) is 9.44. The molecular formula is C23H34N2O2. The van der Waals surface area contributed by atoms with E-state index in [-0.39, 0.29) is 11.3 Å². The molecule has 0 aromatic heterocycles. The largest absolute Gasteiger partial charge is 0.493 e. The lowest BCUT2D eigenvalue weighted by Crippen LogP contribution is -2.48. The highest BCUT2D eigenvalue weighted by Gasteiger charge is 2.32. The molecule has 0 N–H and O–H groups in total. The molecule has 3 aliphatic rings. The minimum atomic E-state index is 0.0305. The van der Waals surface area contributed by atoms with Crippen molar-refractivity contribution < 1.29 is 9.53 Å². The van der Waals surface area contributed by atoms with Gasteiger partial charge in [-0.2, -0.15) is 0 Å². The summed E-state index contributed by atoms with van der Waals surface area (Å²) in [6.07, 6.45) is 7.14. The fourth-order valence-corrected chi connectivity index (χ4v) is 4.97. The predicted molar refractivity (Wildman–Crippen MR) is 109 cm³/mol. The number of carbonyl (C=O) groups excluding carboxylic acids is 1. The maximum Gasteiger partial charge on any atom is 0.254 e. The number of ether oxygens (including phenoxy) is 1. The number of likely N-dealkylation sites (tertiary alicyclic amines) is 2. The molecule has 3 heterocycles. The molecule has 3 aliphatic heterocycles. The van der Waals surface area contributed by atoms with Crippen LogP contribution < -0.4 is 4.74 Å². The Bertz CT molecular complexity index is 693. The first-order chi connectivity index (χ1) is 12.9. The van der Waals surface area contributed by atoms with Crippen molar-refractivity contribution in [1.82, 2.24) is 9.80 Å². The van der Waals surface area contributed by atoms with Gasteiger partial charge in [0.2, 0.25) is 0 Å². The lowest BCUT2D eigenvalue weighted by molar-refractivity contribution is 0.0589. The van der Waals surface area contributed by atoms with E-state index in [1.165, 1.54) is 37.9 Å². The Balaban J connectivity index is 1.47. The predicted octanol–water partition coefficient (Wildman–Crippen LogP) is 4.01. The second-order valence-electron chi connectivity index (χ2n) is 9.44. The van der Waals surface area contributed by atoms with Crippen LogP contribution in [0.5, 0.6) is 5.75 Å². The zero-order chi connectivity index (χ0) is 19.0. The van der Waals surface area contributed by atoms with Gasteiger partial charge >= 0.3 is 0 Å². The van der Waals surface area contributed by atoms with Crippen LogP contribution in [0.4, 0.5) is 0 Å². The Labute approximate surface area is 163 Å². The minimum absolute atomic E-state index is 0.0305. The SMILES string of the molecule is CC(C)(C)c1ccc(C(=O)N2CCC(N3CCCCC3)CC2)c2c1OCC2. The van der Waals surface area contributed by atoms with Gasteiger partial charge in [-0.3, -0.25) is 4.79 Å². The molecule has 1 aromatic carbocycles. The van der Waals surface area contributed by atoms with Crippen molar-refractivity contribution >= 4 is 5.91 Å². The number of carbonyl (C=O) groups is 1. The highest BCUT2D eigenvalue weighted by molar-refractivity contribution is 5.97. The van der Waals surface area contributed by atoms with Gasteiger partial charge in [0, 0.05) is 36.7 Å². The van der Waals surface area contributed by atoms with E-state index in [9.17, 15) is 4.79 Å². The number of hydrogen-bond acceptors (Lipinski definition) is 3. The Morgan fingerprint density at radius 3 is 2.41 bits per heavy atom. The summed E-state index contributed by atoms with van der Waals surface area (Å²) in [6.45, 7) is 11.6. The van der Waals surface area contributed by atoms with Crippen molar-refractivity contribution in [3.05, 3.63) is 28.8 Å². The quantitative estimate of drug-likeness (QED) is 0.788. The van der Waals surface area contributed by atoms with Crippen molar-refractivity contribution in [3.63, 3.8) is 0 Å². The van der Waals surface area contributed by atoms with Crippen LogP contribution in [0.1, 0.15) is 74.4 Å². The number of benzene rings is 1. The molecule has 4 nitrogen and oxygen atoms in total. The molecule has 0 aliphatic carbocycles. The molecule has 148 valence electrons. The first kappa shape index (κ1) is 18.8. The first-order valence-electron chi connectivity index (χ1n) is 10.8. The molecule has 0 unspecified atom stereocenters. The van der Waals surface area contributed by atoms with Crippen LogP contribution in [-0.4, -0.2) is 54.5 Å². The third-order valence-electron chi connectivity index (χ3n) is 6.56. The van der Waals surface area contributed by atoms with Gasteiger partial charge in [0.1, 0.15) is 5.75 Å². The molecule has 0 spiro atoms. The molecule has 4 rings (SSSR count). The smallest absolute Gasteiger partial charge is 0.254 e. The number of rotatable bonds is 2. The normalized spacial score (nSPS) is 21.8. The Morgan fingerprint density at radius 1 is 1.04 bits per heavy atom. The van der Waals surface area contributed by atoms with E-state index in [4.69, 9.17) is 4.74 Å². The van der Waals surface area contributed by atoms with Crippen LogP contribution in [0.15, 0.2) is 12.1 Å². The number of fused-ring (bicyclic) bond motifs is 1. The van der Waals surface area contributed by atoms with Gasteiger partial charge in [-0.05, 0) is 55.8 Å². The van der Waals surface area contributed by atoms with E-state index in [2.05, 4.69) is 36.6 Å². The highest BCUT2D eigenvalue weighted by atomic mass is 16.5. The van der Waals surface area contributed by atoms with Gasteiger partial charge in [0.15, 0.2) is 0 Å². The molecule has 2 fully saturated rings. The van der Waals surface area contributed by atoms with Crippen LogP contribution in [0.2, 0.25) is 0 Å². The average molecular weight is 371 g/mol. The van der Waals surface area contributed by atoms with Crippen LogP contribution >= 0.6 is 0 Å². The monoisotopic (exact) mass is 370 g/mol. The zero-order valence-corrected chi connectivity index (χ0v) is 17.2. The fraction of sp³-hybridized carbons (Fsp3) is 0.696. The van der Waals surface area contributed by atoms with Crippen molar-refractivity contribution in [1.29, 1.82) is 0 Å². The summed E-state index contributed by atoms with van der Waals surface area (Å²) in [5.41, 5.74) is 3.25. The molecule has 0 radical (unpaired) electrons. The lowest BCUT2D eigenvalue weighted by atomic mass is 9.84. The topological polar surface area (TPSA) is 32.8 Å². The van der Waals surface area contributed by atoms with Gasteiger partial charge in [-0.1, -0.05) is 33.3 Å². The van der Waals surface area contributed by atoms with Crippen molar-refractivity contribution in [2.24, 2.45) is 0 Å². The maximum absolute atomic E-state index is 13.3. The summed E-state index contributed by atoms with van der Waals surface area (Å²) < 4.78 is 5.95. The summed E-state index contributed by atoms with van der Waals surface area (Å²) in [5.74, 6) is 1.17. The Morgan fingerprint density at radius 2 is 1.74 bits per heavy atom. The zero-order valence-electron chi connectivity index (χ0n) is 17.2. The van der Waals surface area contributed by atoms with Gasteiger partial charge in [0.05, 0.1) is 6.61 Å². The van der Waals surface area contributed by atoms with E-state index >= 15 is 0 Å². The van der Waals surface area contributed by atoms with Crippen LogP contribution in [0.25, 0.3) is 0 Å². The van der Waals surface area contributed by atoms with Crippen molar-refractivity contribution in [2.75, 3.05) is 32.8 Å². The summed E-state index contributed by atoms with van der Waals surface area (Å²) in [6, 6.07) is 4.83.